The van der Waals surface area contributed by atoms with Gasteiger partial charge >= 0.3 is 7.60 Å². The summed E-state index contributed by atoms with van der Waals surface area (Å²) in [6.07, 6.45) is 7.72. The third kappa shape index (κ3) is 11.3. The van der Waals surface area contributed by atoms with Gasteiger partial charge in [-0.15, -0.1) is 0 Å². The maximum Gasteiger partial charge on any atom is 0.325 e. The first kappa shape index (κ1) is 24.7. The molecule has 0 radical (unpaired) electrons. The van der Waals surface area contributed by atoms with E-state index in [-0.39, 0.29) is 6.16 Å². The maximum absolute atomic E-state index is 10.8. The molecule has 8 heteroatoms. The van der Waals surface area contributed by atoms with Crippen LogP contribution in [0.3, 0.4) is 0 Å². The lowest BCUT2D eigenvalue weighted by molar-refractivity contribution is 0.282. The summed E-state index contributed by atoms with van der Waals surface area (Å²) in [5.74, 6) is 1.51. The van der Waals surface area contributed by atoms with Gasteiger partial charge in [0.05, 0.1) is 23.4 Å². The molecule has 0 aliphatic rings. The van der Waals surface area contributed by atoms with Crippen LogP contribution in [0.4, 0.5) is 0 Å². The number of hydrogen-bond acceptors (Lipinski definition) is 4. The Balaban J connectivity index is 2.44. The number of methoxy groups -OCH3 is 1. The normalized spacial score (nSPS) is 11.6. The van der Waals surface area contributed by atoms with Gasteiger partial charge in [0.15, 0.2) is 11.5 Å². The molecule has 6 nitrogen and oxygen atoms in total. The van der Waals surface area contributed by atoms with Gasteiger partial charge in [0.2, 0.25) is 0 Å². The lowest BCUT2D eigenvalue weighted by atomic mass is 10.1. The largest absolute Gasteiger partial charge is 0.493 e. The molecule has 0 aliphatic heterocycles. The molecule has 0 bridgehead atoms. The van der Waals surface area contributed by atoms with Gasteiger partial charge in [-0.3, -0.25) is 4.57 Å². The number of ether oxygens (including phenoxy) is 2. The number of unbranched alkanes of at least 4 members (excludes halogenated alkanes) is 5. The zero-order valence-corrected chi connectivity index (χ0v) is 19.4. The van der Waals surface area contributed by atoms with E-state index in [0.29, 0.717) is 26.1 Å². The molecule has 0 heterocycles. The Hall–Kier alpha value is -0.340. The zero-order valence-electron chi connectivity index (χ0n) is 16.4. The molecule has 1 aromatic carbocycles. The van der Waals surface area contributed by atoms with Gasteiger partial charge in [-0.1, -0.05) is 39.0 Å². The van der Waals surface area contributed by atoms with Crippen LogP contribution in [0.15, 0.2) is 12.1 Å². The van der Waals surface area contributed by atoms with E-state index in [1.54, 1.807) is 7.11 Å². The molecule has 156 valence electrons. The number of halogens is 1. The summed E-state index contributed by atoms with van der Waals surface area (Å²) >= 11 is 2.26. The molecule has 0 aromatic heterocycles. The molecule has 0 amide bonds. The third-order valence-electron chi connectivity index (χ3n) is 4.17. The molecule has 1 rings (SSSR count). The molecule has 0 fully saturated rings. The summed E-state index contributed by atoms with van der Waals surface area (Å²) in [5, 5.41) is 3.21. The van der Waals surface area contributed by atoms with Crippen molar-refractivity contribution >= 4 is 30.2 Å². The fraction of sp³-hybridized carbons (Fsp3) is 0.684. The average Bonchev–Trinajstić information content (AvgIpc) is 2.60. The van der Waals surface area contributed by atoms with E-state index in [1.165, 1.54) is 32.1 Å². The van der Waals surface area contributed by atoms with Crippen LogP contribution < -0.4 is 14.8 Å². The van der Waals surface area contributed by atoms with Crippen molar-refractivity contribution in [3.05, 3.63) is 21.3 Å². The van der Waals surface area contributed by atoms with Gasteiger partial charge < -0.3 is 24.6 Å². The van der Waals surface area contributed by atoms with Gasteiger partial charge in [-0.25, -0.2) is 0 Å². The molecule has 0 spiro atoms. The standard InChI is InChI=1S/C19H33INO5P/c1-3-4-5-6-7-8-11-26-19-17(20)13-16(14-18(19)25-2)15-21-10-9-12-27(22,23)24/h13-14,21H,3-12,15H2,1-2H3,(H2,22,23,24). The molecule has 0 atom stereocenters. The first-order valence-corrected chi connectivity index (χ1v) is 12.5. The highest BCUT2D eigenvalue weighted by atomic mass is 127. The average molecular weight is 513 g/mol. The van der Waals surface area contributed by atoms with Crippen LogP contribution in [0.25, 0.3) is 0 Å². The zero-order chi connectivity index (χ0) is 20.1. The van der Waals surface area contributed by atoms with E-state index in [4.69, 9.17) is 19.3 Å². The summed E-state index contributed by atoms with van der Waals surface area (Å²) in [6.45, 7) is 4.09. The number of nitrogens with one attached hydrogen (secondary N) is 1. The van der Waals surface area contributed by atoms with Gasteiger partial charge in [-0.05, 0) is 59.7 Å². The third-order valence-corrected chi connectivity index (χ3v) is 5.87. The van der Waals surface area contributed by atoms with E-state index in [1.807, 2.05) is 6.07 Å². The first-order chi connectivity index (χ1) is 12.9. The van der Waals surface area contributed by atoms with E-state index in [9.17, 15) is 4.57 Å². The Bertz CT molecular complexity index is 594. The van der Waals surface area contributed by atoms with Gasteiger partial charge in [0.1, 0.15) is 0 Å². The van der Waals surface area contributed by atoms with Crippen molar-refractivity contribution in [2.75, 3.05) is 26.4 Å². The molecule has 3 N–H and O–H groups in total. The Morgan fingerprint density at radius 1 is 1.11 bits per heavy atom. The molecule has 0 aliphatic carbocycles. The van der Waals surface area contributed by atoms with Crippen molar-refractivity contribution in [3.8, 4) is 11.5 Å². The topological polar surface area (TPSA) is 88.0 Å². The predicted molar refractivity (Wildman–Crippen MR) is 118 cm³/mol. The highest BCUT2D eigenvalue weighted by molar-refractivity contribution is 14.1. The smallest absolute Gasteiger partial charge is 0.325 e. The van der Waals surface area contributed by atoms with Crippen LogP contribution >= 0.6 is 30.2 Å². The number of rotatable bonds is 15. The lowest BCUT2D eigenvalue weighted by Gasteiger charge is -2.15. The Kier molecular flexibility index (Phi) is 12.6. The van der Waals surface area contributed by atoms with Crippen molar-refractivity contribution in [1.82, 2.24) is 5.32 Å². The van der Waals surface area contributed by atoms with Gasteiger partial charge in [0, 0.05) is 6.54 Å². The van der Waals surface area contributed by atoms with Crippen molar-refractivity contribution in [2.45, 2.75) is 58.4 Å². The van der Waals surface area contributed by atoms with Crippen LogP contribution in [0, 0.1) is 3.57 Å². The Labute approximate surface area is 176 Å². The summed E-state index contributed by atoms with van der Waals surface area (Å²) in [5.41, 5.74) is 1.05. The second-order valence-electron chi connectivity index (χ2n) is 6.64. The fourth-order valence-corrected chi connectivity index (χ4v) is 4.11. The lowest BCUT2D eigenvalue weighted by Crippen LogP contribution is -2.16. The van der Waals surface area contributed by atoms with Crippen molar-refractivity contribution < 1.29 is 23.8 Å². The van der Waals surface area contributed by atoms with Gasteiger partial charge in [0.25, 0.3) is 0 Å². The molecule has 0 saturated carbocycles. The second-order valence-corrected chi connectivity index (χ2v) is 9.58. The maximum atomic E-state index is 10.8. The molecule has 27 heavy (non-hydrogen) atoms. The minimum absolute atomic E-state index is 0.0912. The summed E-state index contributed by atoms with van der Waals surface area (Å²) in [7, 11) is -2.27. The molecule has 0 saturated heterocycles. The summed E-state index contributed by atoms with van der Waals surface area (Å²) < 4.78 is 23.3. The minimum atomic E-state index is -3.90. The monoisotopic (exact) mass is 513 g/mol. The number of benzene rings is 1. The van der Waals surface area contributed by atoms with Crippen LogP contribution in [-0.4, -0.2) is 36.2 Å². The molecular weight excluding hydrogens is 480 g/mol. The highest BCUT2D eigenvalue weighted by Gasteiger charge is 2.13. The quantitative estimate of drug-likeness (QED) is 0.179. The van der Waals surface area contributed by atoms with E-state index < -0.39 is 7.60 Å². The molecule has 1 aromatic rings. The predicted octanol–water partition coefficient (Wildman–Crippen LogP) is 4.70. The Morgan fingerprint density at radius 3 is 2.48 bits per heavy atom. The van der Waals surface area contributed by atoms with Gasteiger partial charge in [-0.2, -0.15) is 0 Å². The van der Waals surface area contributed by atoms with Crippen LogP contribution in [-0.2, 0) is 11.1 Å². The van der Waals surface area contributed by atoms with Crippen molar-refractivity contribution in [1.29, 1.82) is 0 Å². The van der Waals surface area contributed by atoms with E-state index in [2.05, 4.69) is 40.9 Å². The SMILES string of the molecule is CCCCCCCCOc1c(I)cc(CNCCCP(=O)(O)O)cc1OC. The fourth-order valence-electron chi connectivity index (χ4n) is 2.71. The van der Waals surface area contributed by atoms with Crippen molar-refractivity contribution in [3.63, 3.8) is 0 Å². The van der Waals surface area contributed by atoms with Crippen LogP contribution in [0.1, 0.15) is 57.4 Å². The Morgan fingerprint density at radius 2 is 1.81 bits per heavy atom. The highest BCUT2D eigenvalue weighted by Crippen LogP contribution is 2.35. The minimum Gasteiger partial charge on any atom is -0.493 e. The van der Waals surface area contributed by atoms with Crippen LogP contribution in [0.2, 0.25) is 0 Å². The summed E-state index contributed by atoms with van der Waals surface area (Å²) in [4.78, 5) is 17.7. The summed E-state index contributed by atoms with van der Waals surface area (Å²) in [6, 6.07) is 4.00. The van der Waals surface area contributed by atoms with E-state index >= 15 is 0 Å². The van der Waals surface area contributed by atoms with E-state index in [0.717, 1.165) is 27.1 Å². The second kappa shape index (κ2) is 13.8. The molecular formula is C19H33INO5P. The molecule has 0 unspecified atom stereocenters. The number of hydrogen-bond donors (Lipinski definition) is 3. The van der Waals surface area contributed by atoms with Crippen molar-refractivity contribution in [2.24, 2.45) is 0 Å². The first-order valence-electron chi connectivity index (χ1n) is 9.62. The van der Waals surface area contributed by atoms with Crippen LogP contribution in [0.5, 0.6) is 11.5 Å².